The molecule has 0 aliphatic heterocycles. The Bertz CT molecular complexity index is 209. The zero-order valence-corrected chi connectivity index (χ0v) is 8.33. The second kappa shape index (κ2) is 9.26. The molecule has 0 aliphatic rings. The van der Waals surface area contributed by atoms with Crippen molar-refractivity contribution in [2.24, 2.45) is 0 Å². The summed E-state index contributed by atoms with van der Waals surface area (Å²) in [6, 6.07) is 5.70. The predicted molar refractivity (Wildman–Crippen MR) is 54.8 cm³/mol. The Morgan fingerprint density at radius 1 is 0.800 bits per heavy atom. The molecule has 86 valence electrons. The van der Waals surface area contributed by atoms with Gasteiger partial charge in [-0.2, -0.15) is 0 Å². The number of aliphatic hydroxyl groups excluding tert-OH is 2. The molecule has 0 spiro atoms. The Hall–Kier alpha value is -1.30. The van der Waals surface area contributed by atoms with Crippen LogP contribution in [0.4, 0.5) is 0 Å². The second-order valence-corrected chi connectivity index (χ2v) is 2.58. The van der Waals surface area contributed by atoms with E-state index >= 15 is 0 Å². The largest absolute Gasteiger partial charge is 0.508 e. The highest BCUT2D eigenvalue weighted by Gasteiger charge is 1.84. The van der Waals surface area contributed by atoms with E-state index in [9.17, 15) is 0 Å². The van der Waals surface area contributed by atoms with Crippen molar-refractivity contribution in [3.63, 3.8) is 0 Å². The van der Waals surface area contributed by atoms with Gasteiger partial charge in [-0.25, -0.2) is 0 Å². The van der Waals surface area contributed by atoms with E-state index in [0.29, 0.717) is 13.2 Å². The van der Waals surface area contributed by atoms with Crippen LogP contribution in [0.3, 0.4) is 0 Å². The highest BCUT2D eigenvalue weighted by atomic mass is 16.5. The number of aliphatic hydroxyl groups is 2. The standard InChI is InChI=1S/C6H6O2.C4H10O3/c7-5-1-2-6(8)4-3-5;5-1-3-7-4-2-6/h1-4,7-8H;5-6H,1-4H2. The van der Waals surface area contributed by atoms with Crippen LogP contribution in [0.2, 0.25) is 0 Å². The van der Waals surface area contributed by atoms with Crippen LogP contribution < -0.4 is 0 Å². The van der Waals surface area contributed by atoms with Crippen LogP contribution >= 0.6 is 0 Å². The molecule has 0 unspecified atom stereocenters. The van der Waals surface area contributed by atoms with Gasteiger partial charge in [0.25, 0.3) is 0 Å². The lowest BCUT2D eigenvalue weighted by Crippen LogP contribution is -2.03. The second-order valence-electron chi connectivity index (χ2n) is 2.58. The monoisotopic (exact) mass is 216 g/mol. The Morgan fingerprint density at radius 3 is 1.40 bits per heavy atom. The van der Waals surface area contributed by atoms with Gasteiger partial charge in [0.1, 0.15) is 11.5 Å². The van der Waals surface area contributed by atoms with Crippen molar-refractivity contribution >= 4 is 0 Å². The van der Waals surface area contributed by atoms with Gasteiger partial charge in [-0.05, 0) is 24.3 Å². The van der Waals surface area contributed by atoms with Crippen molar-refractivity contribution in [1.82, 2.24) is 0 Å². The van der Waals surface area contributed by atoms with Crippen LogP contribution in [0.25, 0.3) is 0 Å². The number of rotatable bonds is 4. The minimum atomic E-state index is 0.0278. The summed E-state index contributed by atoms with van der Waals surface area (Å²) in [6.45, 7) is 0.696. The third-order valence-electron chi connectivity index (χ3n) is 1.32. The quantitative estimate of drug-likeness (QED) is 0.423. The van der Waals surface area contributed by atoms with Gasteiger partial charge < -0.3 is 25.2 Å². The average molecular weight is 216 g/mol. The van der Waals surface area contributed by atoms with E-state index in [-0.39, 0.29) is 24.7 Å². The van der Waals surface area contributed by atoms with E-state index in [4.69, 9.17) is 20.4 Å². The molecule has 1 rings (SSSR count). The van der Waals surface area contributed by atoms with Crippen LogP contribution in [0.5, 0.6) is 11.5 Å². The minimum Gasteiger partial charge on any atom is -0.508 e. The van der Waals surface area contributed by atoms with Crippen molar-refractivity contribution in [3.05, 3.63) is 24.3 Å². The summed E-state index contributed by atoms with van der Waals surface area (Å²) in [5.74, 6) is 0.339. The molecule has 0 aromatic heterocycles. The first-order valence-corrected chi connectivity index (χ1v) is 4.48. The van der Waals surface area contributed by atoms with Gasteiger partial charge in [-0.3, -0.25) is 0 Å². The normalized spacial score (nSPS) is 9.20. The van der Waals surface area contributed by atoms with Gasteiger partial charge in [0.05, 0.1) is 26.4 Å². The summed E-state index contributed by atoms with van der Waals surface area (Å²) in [5.41, 5.74) is 0. The molecule has 0 saturated carbocycles. The van der Waals surface area contributed by atoms with Gasteiger partial charge in [0.2, 0.25) is 0 Å². The smallest absolute Gasteiger partial charge is 0.115 e. The average Bonchev–Trinajstić information content (AvgIpc) is 2.24. The minimum absolute atomic E-state index is 0.0278. The lowest BCUT2D eigenvalue weighted by Gasteiger charge is -1.94. The molecule has 5 nitrogen and oxygen atoms in total. The highest BCUT2D eigenvalue weighted by molar-refractivity contribution is 5.28. The topological polar surface area (TPSA) is 90.2 Å². The van der Waals surface area contributed by atoms with E-state index in [1.54, 1.807) is 0 Å². The fraction of sp³-hybridized carbons (Fsp3) is 0.400. The summed E-state index contributed by atoms with van der Waals surface area (Å²) >= 11 is 0. The first-order valence-electron chi connectivity index (χ1n) is 4.48. The molecule has 0 atom stereocenters. The third kappa shape index (κ3) is 9.01. The number of phenolic OH excluding ortho intramolecular Hbond substituents is 2. The molecule has 0 aliphatic carbocycles. The Kier molecular flexibility index (Phi) is 8.46. The van der Waals surface area contributed by atoms with Crippen molar-refractivity contribution < 1.29 is 25.2 Å². The number of phenols is 2. The Morgan fingerprint density at radius 2 is 1.13 bits per heavy atom. The summed E-state index contributed by atoms with van der Waals surface area (Å²) < 4.78 is 4.63. The molecule has 4 N–H and O–H groups in total. The molecule has 1 aromatic rings. The molecule has 0 saturated heterocycles. The third-order valence-corrected chi connectivity index (χ3v) is 1.32. The summed E-state index contributed by atoms with van der Waals surface area (Å²) in [7, 11) is 0. The van der Waals surface area contributed by atoms with Crippen molar-refractivity contribution in [2.75, 3.05) is 26.4 Å². The van der Waals surface area contributed by atoms with Crippen LogP contribution in [-0.2, 0) is 4.74 Å². The van der Waals surface area contributed by atoms with Crippen molar-refractivity contribution in [1.29, 1.82) is 0 Å². The van der Waals surface area contributed by atoms with E-state index in [2.05, 4.69) is 4.74 Å². The Balaban J connectivity index is 0.000000265. The maximum absolute atomic E-state index is 8.65. The molecule has 0 fully saturated rings. The predicted octanol–water partition coefficient (Wildman–Crippen LogP) is 0.0854. The Labute approximate surface area is 88.2 Å². The SMILES string of the molecule is OCCOCCO.Oc1ccc(O)cc1. The number of aromatic hydroxyl groups is 2. The number of hydrogen-bond donors (Lipinski definition) is 4. The summed E-state index contributed by atoms with van der Waals surface area (Å²) in [5, 5.41) is 33.5. The van der Waals surface area contributed by atoms with Gasteiger partial charge >= 0.3 is 0 Å². The first-order chi connectivity index (χ1) is 7.20. The zero-order chi connectivity index (χ0) is 11.5. The van der Waals surface area contributed by atoms with Gasteiger partial charge in [0.15, 0.2) is 0 Å². The summed E-state index contributed by atoms with van der Waals surface area (Å²) in [6.07, 6.45) is 0. The molecular weight excluding hydrogens is 200 g/mol. The van der Waals surface area contributed by atoms with Crippen LogP contribution in [-0.4, -0.2) is 46.9 Å². The number of benzene rings is 1. The molecule has 15 heavy (non-hydrogen) atoms. The van der Waals surface area contributed by atoms with E-state index in [1.165, 1.54) is 24.3 Å². The molecule has 5 heteroatoms. The van der Waals surface area contributed by atoms with Crippen LogP contribution in [0.1, 0.15) is 0 Å². The molecule has 0 heterocycles. The lowest BCUT2D eigenvalue weighted by atomic mass is 10.3. The van der Waals surface area contributed by atoms with Crippen LogP contribution in [0.15, 0.2) is 24.3 Å². The van der Waals surface area contributed by atoms with Crippen LogP contribution in [0, 0.1) is 0 Å². The van der Waals surface area contributed by atoms with Gasteiger partial charge in [-0.1, -0.05) is 0 Å². The maximum atomic E-state index is 8.65. The van der Waals surface area contributed by atoms with Gasteiger partial charge in [0, 0.05) is 0 Å². The molecule has 1 aromatic carbocycles. The zero-order valence-electron chi connectivity index (χ0n) is 8.33. The fourth-order valence-electron chi connectivity index (χ4n) is 0.684. The molecular formula is C10H16O5. The number of hydrogen-bond acceptors (Lipinski definition) is 5. The van der Waals surface area contributed by atoms with Gasteiger partial charge in [-0.15, -0.1) is 0 Å². The first kappa shape index (κ1) is 13.7. The lowest BCUT2D eigenvalue weighted by molar-refractivity contribution is 0.0650. The number of ether oxygens (including phenoxy) is 1. The van der Waals surface area contributed by atoms with E-state index < -0.39 is 0 Å². The highest BCUT2D eigenvalue weighted by Crippen LogP contribution is 2.13. The fourth-order valence-corrected chi connectivity index (χ4v) is 0.684. The molecule has 0 radical (unpaired) electrons. The van der Waals surface area contributed by atoms with Crippen molar-refractivity contribution in [3.8, 4) is 11.5 Å². The molecule has 0 bridgehead atoms. The maximum Gasteiger partial charge on any atom is 0.115 e. The summed E-state index contributed by atoms with van der Waals surface area (Å²) in [4.78, 5) is 0. The van der Waals surface area contributed by atoms with E-state index in [1.807, 2.05) is 0 Å². The van der Waals surface area contributed by atoms with E-state index in [0.717, 1.165) is 0 Å². The molecule has 0 amide bonds. The van der Waals surface area contributed by atoms with Crippen molar-refractivity contribution in [2.45, 2.75) is 0 Å².